The van der Waals surface area contributed by atoms with Crippen molar-refractivity contribution < 1.29 is 22.4 Å². The highest BCUT2D eigenvalue weighted by Crippen LogP contribution is 2.32. The van der Waals surface area contributed by atoms with E-state index < -0.39 is 35.1 Å². The van der Waals surface area contributed by atoms with Crippen LogP contribution in [0.5, 0.6) is 0 Å². The first-order valence-corrected chi connectivity index (χ1v) is 5.92. The van der Waals surface area contributed by atoms with Crippen molar-refractivity contribution in [1.29, 1.82) is 0 Å². The fourth-order valence-electron chi connectivity index (χ4n) is 1.41. The van der Waals surface area contributed by atoms with E-state index in [0.717, 1.165) is 17.0 Å². The van der Waals surface area contributed by atoms with E-state index in [0.29, 0.717) is 6.07 Å². The van der Waals surface area contributed by atoms with Crippen molar-refractivity contribution in [2.45, 2.75) is 19.1 Å². The molecule has 0 aliphatic rings. The van der Waals surface area contributed by atoms with E-state index in [4.69, 9.17) is 11.6 Å². The Morgan fingerprint density at radius 1 is 1.42 bits per heavy atom. The van der Waals surface area contributed by atoms with Crippen molar-refractivity contribution in [1.82, 2.24) is 4.90 Å². The Balaban J connectivity index is 3.19. The fraction of sp³-hybridized carbons (Fsp3) is 0.417. The largest absolute Gasteiger partial charge is 0.419 e. The summed E-state index contributed by atoms with van der Waals surface area (Å²) in [5.41, 5.74) is -2.07. The molecule has 2 nitrogen and oxygen atoms in total. The van der Waals surface area contributed by atoms with E-state index in [1.807, 2.05) is 0 Å². The molecule has 1 aromatic carbocycles. The number of carbonyl (C=O) groups is 1. The summed E-state index contributed by atoms with van der Waals surface area (Å²) in [6.45, 7) is 1.61. The maximum absolute atomic E-state index is 13.7. The van der Waals surface area contributed by atoms with E-state index in [1.165, 1.54) is 7.05 Å². The standard InChI is InChI=1S/C12H12ClF4NO/c1-7(6-13)18(2)11(19)8-4-3-5-9(10(8)14)12(15,16)17/h3-5,7H,6H2,1-2H3. The highest BCUT2D eigenvalue weighted by molar-refractivity contribution is 6.18. The van der Waals surface area contributed by atoms with Crippen LogP contribution in [0.3, 0.4) is 0 Å². The Hall–Kier alpha value is -1.30. The van der Waals surface area contributed by atoms with E-state index in [-0.39, 0.29) is 5.88 Å². The van der Waals surface area contributed by atoms with Crippen LogP contribution in [0.2, 0.25) is 0 Å². The SMILES string of the molecule is CC(CCl)N(C)C(=O)c1cccc(C(F)(F)F)c1F. The Labute approximate surface area is 113 Å². The van der Waals surface area contributed by atoms with Gasteiger partial charge in [0, 0.05) is 19.0 Å². The van der Waals surface area contributed by atoms with E-state index >= 15 is 0 Å². The molecule has 0 fully saturated rings. The van der Waals surface area contributed by atoms with Gasteiger partial charge in [-0.3, -0.25) is 4.79 Å². The molecule has 7 heteroatoms. The van der Waals surface area contributed by atoms with Gasteiger partial charge in [-0.05, 0) is 19.1 Å². The summed E-state index contributed by atoms with van der Waals surface area (Å²) in [5.74, 6) is -2.30. The van der Waals surface area contributed by atoms with Gasteiger partial charge < -0.3 is 4.90 Å². The molecule has 0 aromatic heterocycles. The lowest BCUT2D eigenvalue weighted by atomic mass is 10.1. The molecule has 0 aliphatic carbocycles. The van der Waals surface area contributed by atoms with E-state index in [9.17, 15) is 22.4 Å². The van der Waals surface area contributed by atoms with Crippen LogP contribution in [0, 0.1) is 5.82 Å². The molecule has 0 saturated heterocycles. The van der Waals surface area contributed by atoms with Crippen LogP contribution >= 0.6 is 11.6 Å². The predicted octanol–water partition coefficient (Wildman–Crippen LogP) is 3.54. The van der Waals surface area contributed by atoms with Gasteiger partial charge >= 0.3 is 6.18 Å². The molecule has 0 saturated carbocycles. The molecule has 106 valence electrons. The highest BCUT2D eigenvalue weighted by Gasteiger charge is 2.36. The summed E-state index contributed by atoms with van der Waals surface area (Å²) >= 11 is 5.55. The molecule has 0 radical (unpaired) electrons. The second kappa shape index (κ2) is 5.77. The second-order valence-electron chi connectivity index (χ2n) is 4.08. The Morgan fingerprint density at radius 2 is 2.00 bits per heavy atom. The Morgan fingerprint density at radius 3 is 2.47 bits per heavy atom. The van der Waals surface area contributed by atoms with Crippen LogP contribution in [0.25, 0.3) is 0 Å². The van der Waals surface area contributed by atoms with Crippen LogP contribution in [-0.2, 0) is 6.18 Å². The third-order valence-electron chi connectivity index (χ3n) is 2.74. The summed E-state index contributed by atoms with van der Waals surface area (Å²) in [5, 5.41) is 0. The number of rotatable bonds is 3. The fourth-order valence-corrected chi connectivity index (χ4v) is 1.62. The summed E-state index contributed by atoms with van der Waals surface area (Å²) < 4.78 is 51.3. The molecule has 1 aromatic rings. The van der Waals surface area contributed by atoms with Gasteiger partial charge in [0.2, 0.25) is 0 Å². The average Bonchev–Trinajstić information content (AvgIpc) is 2.35. The van der Waals surface area contributed by atoms with Gasteiger partial charge in [-0.15, -0.1) is 11.6 Å². The molecule has 1 atom stereocenters. The molecule has 0 N–H and O–H groups in total. The minimum absolute atomic E-state index is 0.100. The van der Waals surface area contributed by atoms with Gasteiger partial charge in [-0.25, -0.2) is 4.39 Å². The molecule has 1 unspecified atom stereocenters. The molecule has 1 rings (SSSR count). The molecule has 1 amide bonds. The predicted molar refractivity (Wildman–Crippen MR) is 63.7 cm³/mol. The zero-order valence-electron chi connectivity index (χ0n) is 10.3. The first-order chi connectivity index (χ1) is 8.70. The smallest absolute Gasteiger partial charge is 0.338 e. The summed E-state index contributed by atoms with van der Waals surface area (Å²) in [6, 6.07) is 2.20. The number of halogens is 5. The van der Waals surface area contributed by atoms with Crippen molar-refractivity contribution >= 4 is 17.5 Å². The summed E-state index contributed by atoms with van der Waals surface area (Å²) in [7, 11) is 1.36. The van der Waals surface area contributed by atoms with E-state index in [2.05, 4.69) is 0 Å². The van der Waals surface area contributed by atoms with Crippen molar-refractivity contribution in [2.75, 3.05) is 12.9 Å². The number of benzene rings is 1. The molecule has 0 bridgehead atoms. The number of hydrogen-bond acceptors (Lipinski definition) is 1. The minimum Gasteiger partial charge on any atom is -0.338 e. The molecule has 19 heavy (non-hydrogen) atoms. The van der Waals surface area contributed by atoms with E-state index in [1.54, 1.807) is 6.92 Å². The van der Waals surface area contributed by atoms with Crippen molar-refractivity contribution in [3.05, 3.63) is 35.1 Å². The van der Waals surface area contributed by atoms with Gasteiger partial charge in [0.05, 0.1) is 11.1 Å². The lowest BCUT2D eigenvalue weighted by Gasteiger charge is -2.23. The van der Waals surface area contributed by atoms with Crippen molar-refractivity contribution in [2.24, 2.45) is 0 Å². The lowest BCUT2D eigenvalue weighted by Crippen LogP contribution is -2.36. The normalized spacial score (nSPS) is 13.2. The third-order valence-corrected chi connectivity index (χ3v) is 3.19. The number of amides is 1. The second-order valence-corrected chi connectivity index (χ2v) is 4.39. The molecular formula is C12H12ClF4NO. The van der Waals surface area contributed by atoms with Crippen LogP contribution in [-0.4, -0.2) is 29.8 Å². The number of hydrogen-bond donors (Lipinski definition) is 0. The van der Waals surface area contributed by atoms with Gasteiger partial charge in [-0.1, -0.05) is 6.07 Å². The van der Waals surface area contributed by atoms with Crippen LogP contribution in [0.15, 0.2) is 18.2 Å². The molecular weight excluding hydrogens is 286 g/mol. The Kier molecular flexibility index (Phi) is 4.79. The monoisotopic (exact) mass is 297 g/mol. The first-order valence-electron chi connectivity index (χ1n) is 5.39. The number of nitrogens with zero attached hydrogens (tertiary/aromatic N) is 1. The average molecular weight is 298 g/mol. The zero-order valence-corrected chi connectivity index (χ0v) is 11.0. The van der Waals surface area contributed by atoms with Crippen molar-refractivity contribution in [3.8, 4) is 0 Å². The summed E-state index contributed by atoms with van der Waals surface area (Å²) in [6.07, 6.45) is -4.84. The van der Waals surface area contributed by atoms with Gasteiger partial charge in [0.1, 0.15) is 5.82 Å². The zero-order chi connectivity index (χ0) is 14.8. The van der Waals surface area contributed by atoms with Gasteiger partial charge in [-0.2, -0.15) is 13.2 Å². The highest BCUT2D eigenvalue weighted by atomic mass is 35.5. The third kappa shape index (κ3) is 3.37. The maximum atomic E-state index is 13.7. The van der Waals surface area contributed by atoms with Gasteiger partial charge in [0.15, 0.2) is 0 Å². The molecule has 0 spiro atoms. The minimum atomic E-state index is -4.84. The molecule has 0 aliphatic heterocycles. The lowest BCUT2D eigenvalue weighted by molar-refractivity contribution is -0.140. The van der Waals surface area contributed by atoms with Crippen molar-refractivity contribution in [3.63, 3.8) is 0 Å². The Bertz CT molecular complexity index is 475. The van der Waals surface area contributed by atoms with Crippen LogP contribution in [0.4, 0.5) is 17.6 Å². The number of carbonyl (C=O) groups excluding carboxylic acids is 1. The first kappa shape index (κ1) is 15.8. The van der Waals surface area contributed by atoms with Gasteiger partial charge in [0.25, 0.3) is 5.91 Å². The maximum Gasteiger partial charge on any atom is 0.419 e. The summed E-state index contributed by atoms with van der Waals surface area (Å²) in [4.78, 5) is 13.0. The quantitative estimate of drug-likeness (QED) is 0.617. The number of alkyl halides is 4. The van der Waals surface area contributed by atoms with Crippen LogP contribution in [0.1, 0.15) is 22.8 Å². The molecule has 0 heterocycles. The van der Waals surface area contributed by atoms with Crippen LogP contribution < -0.4 is 0 Å². The topological polar surface area (TPSA) is 20.3 Å².